The van der Waals surface area contributed by atoms with Crippen LogP contribution in [0.4, 0.5) is 5.69 Å². The summed E-state index contributed by atoms with van der Waals surface area (Å²) in [6, 6.07) is 2.49. The quantitative estimate of drug-likeness (QED) is 0.635. The Morgan fingerprint density at radius 2 is 1.74 bits per heavy atom. The van der Waals surface area contributed by atoms with E-state index in [1.165, 1.54) is 50.0 Å². The van der Waals surface area contributed by atoms with Crippen LogP contribution in [0.2, 0.25) is 0 Å². The highest BCUT2D eigenvalue weighted by Crippen LogP contribution is 2.48. The van der Waals surface area contributed by atoms with Crippen molar-refractivity contribution in [3.05, 3.63) is 46.3 Å². The third-order valence-electron chi connectivity index (χ3n) is 5.91. The lowest BCUT2D eigenvalue weighted by Crippen LogP contribution is -2.22. The summed E-state index contributed by atoms with van der Waals surface area (Å²) >= 11 is 0. The molecule has 0 amide bonds. The summed E-state index contributed by atoms with van der Waals surface area (Å²) < 4.78 is 0. The maximum Gasteiger partial charge on any atom is 0.138 e. The van der Waals surface area contributed by atoms with E-state index >= 15 is 0 Å². The number of rotatable bonds is 0. The van der Waals surface area contributed by atoms with Crippen LogP contribution in [0, 0.1) is 27.7 Å². The molecule has 1 N–H and O–H groups in total. The van der Waals surface area contributed by atoms with Gasteiger partial charge in [0.2, 0.25) is 0 Å². The van der Waals surface area contributed by atoms with E-state index in [0.717, 1.165) is 5.65 Å². The van der Waals surface area contributed by atoms with Gasteiger partial charge in [0.05, 0.1) is 6.04 Å². The average Bonchev–Trinajstić information content (AvgIpc) is 2.95. The van der Waals surface area contributed by atoms with E-state index in [4.69, 9.17) is 0 Å². The fourth-order valence-corrected chi connectivity index (χ4v) is 4.08. The Morgan fingerprint density at radius 1 is 1.04 bits per heavy atom. The third kappa shape index (κ3) is 1.68. The number of pyridine rings is 1. The summed E-state index contributed by atoms with van der Waals surface area (Å²) in [5, 5.41) is 1.27. The highest BCUT2D eigenvalue weighted by Gasteiger charge is 2.29. The zero-order chi connectivity index (χ0) is 16.5. The van der Waals surface area contributed by atoms with Gasteiger partial charge in [0, 0.05) is 41.6 Å². The van der Waals surface area contributed by atoms with Crippen LogP contribution in [0.5, 0.6) is 0 Å². The first-order valence-corrected chi connectivity index (χ1v) is 8.23. The van der Waals surface area contributed by atoms with Crippen LogP contribution in [0.3, 0.4) is 0 Å². The Hall–Kier alpha value is -2.29. The molecule has 1 aliphatic heterocycles. The highest BCUT2D eigenvalue weighted by atomic mass is 15.1. The molecule has 0 fully saturated rings. The largest absolute Gasteiger partial charge is 0.367 e. The Morgan fingerprint density at radius 3 is 2.48 bits per heavy atom. The molecule has 4 rings (SSSR count). The zero-order valence-corrected chi connectivity index (χ0v) is 14.7. The van der Waals surface area contributed by atoms with Crippen LogP contribution in [0.1, 0.15) is 40.8 Å². The number of nitrogens with one attached hydrogen (secondary N) is 1. The maximum atomic E-state index is 4.54. The Labute approximate surface area is 137 Å². The molecule has 0 saturated heterocycles. The van der Waals surface area contributed by atoms with Crippen LogP contribution in [0.25, 0.3) is 22.2 Å². The van der Waals surface area contributed by atoms with Crippen molar-refractivity contribution in [2.75, 3.05) is 11.9 Å². The second kappa shape index (κ2) is 4.60. The van der Waals surface area contributed by atoms with Crippen LogP contribution >= 0.6 is 0 Å². The number of aromatic nitrogens is 2. The third-order valence-corrected chi connectivity index (χ3v) is 5.91. The Bertz CT molecular complexity index is 949. The van der Waals surface area contributed by atoms with E-state index in [0.29, 0.717) is 6.04 Å². The van der Waals surface area contributed by atoms with E-state index in [1.807, 2.05) is 6.20 Å². The fraction of sp³-hybridized carbons (Fsp3) is 0.350. The van der Waals surface area contributed by atoms with E-state index < -0.39 is 0 Å². The molecule has 3 nitrogen and oxygen atoms in total. The van der Waals surface area contributed by atoms with Gasteiger partial charge in [-0.05, 0) is 68.5 Å². The summed E-state index contributed by atoms with van der Waals surface area (Å²) in [5.74, 6) is 0. The first-order valence-electron chi connectivity index (χ1n) is 8.23. The van der Waals surface area contributed by atoms with Crippen molar-refractivity contribution in [2.45, 2.75) is 40.7 Å². The number of anilines is 1. The summed E-state index contributed by atoms with van der Waals surface area (Å²) in [5.41, 5.74) is 11.9. The smallest absolute Gasteiger partial charge is 0.138 e. The zero-order valence-electron chi connectivity index (χ0n) is 14.7. The number of fused-ring (bicyclic) bond motifs is 2. The minimum Gasteiger partial charge on any atom is -0.367 e. The highest BCUT2D eigenvalue weighted by molar-refractivity contribution is 6.03. The van der Waals surface area contributed by atoms with Crippen LogP contribution < -0.4 is 4.90 Å². The van der Waals surface area contributed by atoms with E-state index in [-0.39, 0.29) is 0 Å². The van der Waals surface area contributed by atoms with E-state index in [9.17, 15) is 0 Å². The lowest BCUT2D eigenvalue weighted by Gasteiger charge is -2.31. The molecule has 3 heterocycles. The minimum absolute atomic E-state index is 0.313. The van der Waals surface area contributed by atoms with E-state index in [2.05, 4.69) is 68.8 Å². The number of hydrogen-bond donors (Lipinski definition) is 1. The normalized spacial score (nSPS) is 16.6. The minimum atomic E-state index is 0.313. The topological polar surface area (TPSA) is 31.9 Å². The molecular weight excluding hydrogens is 282 g/mol. The monoisotopic (exact) mass is 305 g/mol. The first-order chi connectivity index (χ1) is 10.9. The van der Waals surface area contributed by atoms with Crippen molar-refractivity contribution in [1.29, 1.82) is 0 Å². The van der Waals surface area contributed by atoms with Gasteiger partial charge in [-0.2, -0.15) is 0 Å². The summed E-state index contributed by atoms with van der Waals surface area (Å²) in [7, 11) is 2.21. The number of H-pyrrole nitrogens is 1. The maximum absolute atomic E-state index is 4.54. The van der Waals surface area contributed by atoms with Gasteiger partial charge >= 0.3 is 0 Å². The first kappa shape index (κ1) is 14.3. The summed E-state index contributed by atoms with van der Waals surface area (Å²) in [6.45, 7) is 11.3. The standard InChI is InChI=1S/C20H23N3/c1-10-11(2)13(4)19-17(12(10)3)15-7-8-21-20-18(15)16(9-22-20)14(5)23(19)6/h7-9,14H,1-6H3,(H,21,22). The molecule has 3 aromatic rings. The van der Waals surface area contributed by atoms with Gasteiger partial charge in [0.25, 0.3) is 0 Å². The average molecular weight is 305 g/mol. The SMILES string of the molecule is Cc1c(C)c(C)c2c(c1C)-c1ccnc3[nH]cc(c13)C(C)N2C. The summed E-state index contributed by atoms with van der Waals surface area (Å²) in [4.78, 5) is 10.3. The van der Waals surface area contributed by atoms with Gasteiger partial charge in [-0.15, -0.1) is 0 Å². The van der Waals surface area contributed by atoms with Crippen molar-refractivity contribution in [1.82, 2.24) is 9.97 Å². The van der Waals surface area contributed by atoms with Gasteiger partial charge in [-0.25, -0.2) is 4.98 Å². The predicted molar refractivity (Wildman–Crippen MR) is 97.3 cm³/mol. The molecule has 1 atom stereocenters. The molecule has 3 heteroatoms. The lowest BCUT2D eigenvalue weighted by atomic mass is 9.88. The molecule has 1 aromatic carbocycles. The molecule has 118 valence electrons. The van der Waals surface area contributed by atoms with Crippen molar-refractivity contribution < 1.29 is 0 Å². The van der Waals surface area contributed by atoms with Gasteiger partial charge in [0.1, 0.15) is 5.65 Å². The second-order valence-electron chi connectivity index (χ2n) is 6.84. The molecular formula is C20H23N3. The number of nitrogens with zero attached hydrogens (tertiary/aromatic N) is 2. The van der Waals surface area contributed by atoms with Gasteiger partial charge < -0.3 is 9.88 Å². The molecule has 0 bridgehead atoms. The van der Waals surface area contributed by atoms with Gasteiger partial charge in [-0.3, -0.25) is 0 Å². The molecule has 0 spiro atoms. The fourth-order valence-electron chi connectivity index (χ4n) is 4.08. The molecule has 23 heavy (non-hydrogen) atoms. The van der Waals surface area contributed by atoms with Gasteiger partial charge in [0.15, 0.2) is 0 Å². The number of benzene rings is 1. The Balaban J connectivity index is 2.26. The van der Waals surface area contributed by atoms with Crippen LogP contribution in [0.15, 0.2) is 18.5 Å². The molecule has 1 aliphatic rings. The molecule has 0 saturated carbocycles. The van der Waals surface area contributed by atoms with Gasteiger partial charge in [-0.1, -0.05) is 0 Å². The number of aromatic amines is 1. The van der Waals surface area contributed by atoms with Crippen molar-refractivity contribution in [3.8, 4) is 11.1 Å². The van der Waals surface area contributed by atoms with Crippen LogP contribution in [-0.2, 0) is 0 Å². The van der Waals surface area contributed by atoms with Crippen molar-refractivity contribution in [3.63, 3.8) is 0 Å². The lowest BCUT2D eigenvalue weighted by molar-refractivity contribution is 0.745. The molecule has 0 aliphatic carbocycles. The summed E-state index contributed by atoms with van der Waals surface area (Å²) in [6.07, 6.45) is 4.04. The number of hydrogen-bond acceptors (Lipinski definition) is 2. The predicted octanol–water partition coefficient (Wildman–Crippen LogP) is 4.97. The molecule has 0 radical (unpaired) electrons. The van der Waals surface area contributed by atoms with Crippen LogP contribution in [-0.4, -0.2) is 17.0 Å². The molecule has 2 aromatic heterocycles. The van der Waals surface area contributed by atoms with Crippen molar-refractivity contribution >= 4 is 16.7 Å². The second-order valence-corrected chi connectivity index (χ2v) is 6.84. The molecule has 1 unspecified atom stereocenters. The van der Waals surface area contributed by atoms with Crippen molar-refractivity contribution in [2.24, 2.45) is 0 Å². The van der Waals surface area contributed by atoms with E-state index in [1.54, 1.807) is 0 Å². The Kier molecular flexibility index (Phi) is 2.87.